The van der Waals surface area contributed by atoms with Crippen LogP contribution in [0.2, 0.25) is 0 Å². The van der Waals surface area contributed by atoms with Gasteiger partial charge in [0, 0.05) is 18.0 Å². The predicted octanol–water partition coefficient (Wildman–Crippen LogP) is 3.02. The van der Waals surface area contributed by atoms with Gasteiger partial charge < -0.3 is 5.73 Å². The van der Waals surface area contributed by atoms with E-state index in [-0.39, 0.29) is 12.4 Å². The first kappa shape index (κ1) is 14.5. The van der Waals surface area contributed by atoms with E-state index in [0.717, 1.165) is 19.0 Å². The second-order valence-corrected chi connectivity index (χ2v) is 6.75. The monoisotopic (exact) mass is 324 g/mol. The molecule has 2 rings (SSSR count). The van der Waals surface area contributed by atoms with Gasteiger partial charge >= 0.3 is 0 Å². The standard InChI is InChI=1S/C11H17BrN2S.ClH/c1-8-4-10(15-11(8)12)7-14-3-2-9(5-13)6-14;/h4,9H,2-3,5-7,13H2,1H3;1H. The Labute approximate surface area is 116 Å². The zero-order valence-electron chi connectivity index (χ0n) is 9.41. The zero-order valence-corrected chi connectivity index (χ0v) is 12.6. The van der Waals surface area contributed by atoms with Crippen LogP contribution in [0.5, 0.6) is 0 Å². The maximum Gasteiger partial charge on any atom is 0.0730 e. The van der Waals surface area contributed by atoms with Crippen LogP contribution in [0.4, 0.5) is 0 Å². The van der Waals surface area contributed by atoms with Gasteiger partial charge in [-0.2, -0.15) is 0 Å². The Kier molecular flexibility index (Phi) is 5.74. The van der Waals surface area contributed by atoms with Crippen LogP contribution in [-0.2, 0) is 6.54 Å². The molecule has 1 aliphatic rings. The fourth-order valence-corrected chi connectivity index (χ4v) is 3.74. The van der Waals surface area contributed by atoms with E-state index in [0.29, 0.717) is 0 Å². The molecule has 1 saturated heterocycles. The molecule has 0 amide bonds. The first-order valence-corrected chi connectivity index (χ1v) is 6.97. The lowest BCUT2D eigenvalue weighted by atomic mass is 10.1. The Bertz CT molecular complexity index is 323. The molecule has 1 fully saturated rings. The molecular weight excluding hydrogens is 308 g/mol. The normalized spacial score (nSPS) is 21.1. The Morgan fingerprint density at radius 2 is 2.38 bits per heavy atom. The van der Waals surface area contributed by atoms with Gasteiger partial charge in [0.15, 0.2) is 0 Å². The highest BCUT2D eigenvalue weighted by Gasteiger charge is 2.21. The molecule has 5 heteroatoms. The molecule has 0 radical (unpaired) electrons. The van der Waals surface area contributed by atoms with Crippen LogP contribution in [-0.4, -0.2) is 24.5 Å². The summed E-state index contributed by atoms with van der Waals surface area (Å²) in [5, 5.41) is 0. The summed E-state index contributed by atoms with van der Waals surface area (Å²) >= 11 is 5.42. The number of aryl methyl sites for hydroxylation is 1. The molecule has 2 heterocycles. The molecule has 2 nitrogen and oxygen atoms in total. The summed E-state index contributed by atoms with van der Waals surface area (Å²) in [5.41, 5.74) is 7.04. The molecule has 1 unspecified atom stereocenters. The maximum absolute atomic E-state index is 5.69. The molecule has 0 saturated carbocycles. The Morgan fingerprint density at radius 3 is 2.88 bits per heavy atom. The average molecular weight is 326 g/mol. The SMILES string of the molecule is Cc1cc(CN2CCC(CN)C2)sc1Br.Cl. The molecular formula is C11H18BrClN2S. The topological polar surface area (TPSA) is 29.3 Å². The minimum atomic E-state index is 0. The Morgan fingerprint density at radius 1 is 1.62 bits per heavy atom. The van der Waals surface area contributed by atoms with E-state index in [9.17, 15) is 0 Å². The Hall–Kier alpha value is 0.390. The lowest BCUT2D eigenvalue weighted by molar-refractivity contribution is 0.320. The molecule has 16 heavy (non-hydrogen) atoms. The fraction of sp³-hybridized carbons (Fsp3) is 0.636. The molecule has 1 atom stereocenters. The summed E-state index contributed by atoms with van der Waals surface area (Å²) in [4.78, 5) is 3.96. The van der Waals surface area contributed by atoms with Gasteiger partial charge in [0.1, 0.15) is 0 Å². The van der Waals surface area contributed by atoms with Crippen molar-refractivity contribution in [1.29, 1.82) is 0 Å². The zero-order chi connectivity index (χ0) is 10.8. The number of hydrogen-bond acceptors (Lipinski definition) is 3. The van der Waals surface area contributed by atoms with Crippen molar-refractivity contribution in [1.82, 2.24) is 4.90 Å². The molecule has 92 valence electrons. The van der Waals surface area contributed by atoms with Crippen LogP contribution < -0.4 is 5.73 Å². The van der Waals surface area contributed by atoms with E-state index in [1.54, 1.807) is 0 Å². The summed E-state index contributed by atoms with van der Waals surface area (Å²) in [5.74, 6) is 0.717. The van der Waals surface area contributed by atoms with Gasteiger partial charge in [-0.1, -0.05) is 0 Å². The third-order valence-corrected chi connectivity index (χ3v) is 5.11. The molecule has 0 bridgehead atoms. The van der Waals surface area contributed by atoms with Crippen LogP contribution in [0.25, 0.3) is 0 Å². The van der Waals surface area contributed by atoms with Gasteiger partial charge in [-0.05, 0) is 59.9 Å². The molecule has 1 aromatic rings. The van der Waals surface area contributed by atoms with Crippen molar-refractivity contribution in [3.05, 3.63) is 20.3 Å². The third kappa shape index (κ3) is 3.44. The van der Waals surface area contributed by atoms with Crippen molar-refractivity contribution in [2.45, 2.75) is 19.9 Å². The summed E-state index contributed by atoms with van der Waals surface area (Å²) in [7, 11) is 0. The number of nitrogens with two attached hydrogens (primary N) is 1. The van der Waals surface area contributed by atoms with Gasteiger partial charge in [0.2, 0.25) is 0 Å². The quantitative estimate of drug-likeness (QED) is 0.925. The van der Waals surface area contributed by atoms with Crippen LogP contribution in [0.1, 0.15) is 16.9 Å². The molecule has 0 aliphatic carbocycles. The van der Waals surface area contributed by atoms with Crippen molar-refractivity contribution < 1.29 is 0 Å². The summed E-state index contributed by atoms with van der Waals surface area (Å²) in [6.45, 7) is 6.45. The smallest absolute Gasteiger partial charge is 0.0730 e. The highest BCUT2D eigenvalue weighted by molar-refractivity contribution is 9.11. The van der Waals surface area contributed by atoms with Gasteiger partial charge in [0.25, 0.3) is 0 Å². The molecule has 1 aliphatic heterocycles. The summed E-state index contributed by atoms with van der Waals surface area (Å²) in [6, 6.07) is 2.28. The fourth-order valence-electron chi connectivity index (χ4n) is 2.07. The predicted molar refractivity (Wildman–Crippen MR) is 76.4 cm³/mol. The lowest BCUT2D eigenvalue weighted by Gasteiger charge is -2.13. The van der Waals surface area contributed by atoms with Crippen LogP contribution in [0.3, 0.4) is 0 Å². The molecule has 2 N–H and O–H groups in total. The van der Waals surface area contributed by atoms with Crippen molar-refractivity contribution in [2.75, 3.05) is 19.6 Å². The van der Waals surface area contributed by atoms with Gasteiger partial charge in [0.05, 0.1) is 3.79 Å². The van der Waals surface area contributed by atoms with E-state index in [2.05, 4.69) is 33.8 Å². The summed E-state index contributed by atoms with van der Waals surface area (Å²) in [6.07, 6.45) is 1.27. The average Bonchev–Trinajstić information content (AvgIpc) is 2.76. The lowest BCUT2D eigenvalue weighted by Crippen LogP contribution is -2.22. The van der Waals surface area contributed by atoms with Crippen molar-refractivity contribution in [3.8, 4) is 0 Å². The highest BCUT2D eigenvalue weighted by atomic mass is 79.9. The minimum absolute atomic E-state index is 0. The number of hydrogen-bond donors (Lipinski definition) is 1. The van der Waals surface area contributed by atoms with E-state index in [4.69, 9.17) is 5.73 Å². The Balaban J connectivity index is 0.00000128. The van der Waals surface area contributed by atoms with Crippen molar-refractivity contribution in [3.63, 3.8) is 0 Å². The van der Waals surface area contributed by atoms with Crippen LogP contribution >= 0.6 is 39.7 Å². The first-order valence-electron chi connectivity index (χ1n) is 5.36. The minimum Gasteiger partial charge on any atom is -0.330 e. The van der Waals surface area contributed by atoms with Crippen molar-refractivity contribution in [2.24, 2.45) is 11.7 Å². The molecule has 0 aromatic carbocycles. The molecule has 1 aromatic heterocycles. The van der Waals surface area contributed by atoms with Gasteiger partial charge in [-0.25, -0.2) is 0 Å². The second-order valence-electron chi connectivity index (χ2n) is 4.29. The van der Waals surface area contributed by atoms with E-state index < -0.39 is 0 Å². The van der Waals surface area contributed by atoms with Crippen LogP contribution in [0, 0.1) is 12.8 Å². The van der Waals surface area contributed by atoms with Crippen LogP contribution in [0.15, 0.2) is 9.85 Å². The largest absolute Gasteiger partial charge is 0.330 e. The number of rotatable bonds is 3. The number of thiophene rings is 1. The van der Waals surface area contributed by atoms with E-state index in [1.807, 2.05) is 11.3 Å². The maximum atomic E-state index is 5.69. The first-order chi connectivity index (χ1) is 7.19. The number of halogens is 2. The van der Waals surface area contributed by atoms with Crippen molar-refractivity contribution >= 4 is 39.7 Å². The number of likely N-dealkylation sites (tertiary alicyclic amines) is 1. The van der Waals surface area contributed by atoms with E-state index in [1.165, 1.54) is 33.7 Å². The number of nitrogens with zero attached hydrogens (tertiary/aromatic N) is 1. The van der Waals surface area contributed by atoms with E-state index >= 15 is 0 Å². The third-order valence-electron chi connectivity index (χ3n) is 2.99. The second kappa shape index (κ2) is 6.36. The van der Waals surface area contributed by atoms with Gasteiger partial charge in [-0.15, -0.1) is 23.7 Å². The summed E-state index contributed by atoms with van der Waals surface area (Å²) < 4.78 is 1.27. The highest BCUT2D eigenvalue weighted by Crippen LogP contribution is 2.29. The van der Waals surface area contributed by atoms with Gasteiger partial charge in [-0.3, -0.25) is 4.90 Å². The molecule has 0 spiro atoms.